The molecule has 0 bridgehead atoms. The van der Waals surface area contributed by atoms with Gasteiger partial charge in [0, 0.05) is 19.6 Å². The fraction of sp³-hybridized carbons (Fsp3) is 0.528. The number of carbonyl (C=O) groups excluding carboxylic acids is 4. The highest BCUT2D eigenvalue weighted by molar-refractivity contribution is 5.91. The number of guanidine groups is 1. The molecule has 0 unspecified atom stereocenters. The van der Waals surface area contributed by atoms with Crippen molar-refractivity contribution in [3.05, 3.63) is 71.8 Å². The number of nitrogens with one attached hydrogen (secondary N) is 3. The molecule has 1 heterocycles. The molecule has 4 amide bonds. The van der Waals surface area contributed by atoms with Gasteiger partial charge in [-0.3, -0.25) is 19.4 Å². The second kappa shape index (κ2) is 20.0. The smallest absolute Gasteiger partial charge is 0.408 e. The molecule has 13 nitrogen and oxygen atoms in total. The van der Waals surface area contributed by atoms with Crippen molar-refractivity contribution in [1.82, 2.24) is 20.9 Å². The maximum Gasteiger partial charge on any atom is 0.408 e. The van der Waals surface area contributed by atoms with E-state index in [9.17, 15) is 24.3 Å². The van der Waals surface area contributed by atoms with Crippen molar-refractivity contribution in [2.45, 2.75) is 96.1 Å². The van der Waals surface area contributed by atoms with E-state index in [0.29, 0.717) is 31.8 Å². The number of hydrogen-bond donors (Lipinski definition) is 6. The van der Waals surface area contributed by atoms with Crippen LogP contribution in [0.25, 0.3) is 0 Å². The van der Waals surface area contributed by atoms with Crippen molar-refractivity contribution in [1.29, 1.82) is 0 Å². The highest BCUT2D eigenvalue weighted by Crippen LogP contribution is 2.28. The lowest BCUT2D eigenvalue weighted by Crippen LogP contribution is -2.55. The van der Waals surface area contributed by atoms with Gasteiger partial charge in [0.15, 0.2) is 5.96 Å². The fourth-order valence-corrected chi connectivity index (χ4v) is 5.82. The van der Waals surface area contributed by atoms with Gasteiger partial charge >= 0.3 is 6.09 Å². The Labute approximate surface area is 289 Å². The number of benzene rings is 2. The molecule has 268 valence electrons. The predicted molar refractivity (Wildman–Crippen MR) is 188 cm³/mol. The molecule has 2 aromatic carbocycles. The van der Waals surface area contributed by atoms with Crippen LogP contribution in [0.3, 0.4) is 0 Å². The third-order valence-corrected chi connectivity index (χ3v) is 8.54. The molecule has 3 rings (SSSR count). The van der Waals surface area contributed by atoms with Crippen LogP contribution in [-0.2, 0) is 25.7 Å². The van der Waals surface area contributed by atoms with Crippen molar-refractivity contribution >= 4 is 29.8 Å². The maximum atomic E-state index is 13.3. The maximum absolute atomic E-state index is 13.3. The summed E-state index contributed by atoms with van der Waals surface area (Å²) < 4.78 is 5.29. The van der Waals surface area contributed by atoms with E-state index in [0.717, 1.165) is 18.4 Å². The Hall–Kier alpha value is -4.65. The third-order valence-electron chi connectivity index (χ3n) is 8.54. The quantitative estimate of drug-likeness (QED) is 0.0832. The second-order valence-electron chi connectivity index (χ2n) is 13.0. The zero-order valence-corrected chi connectivity index (χ0v) is 28.8. The van der Waals surface area contributed by atoms with E-state index in [-0.39, 0.29) is 43.8 Å². The van der Waals surface area contributed by atoms with Gasteiger partial charge in [-0.25, -0.2) is 4.79 Å². The molecule has 1 saturated heterocycles. The van der Waals surface area contributed by atoms with Gasteiger partial charge in [-0.1, -0.05) is 74.5 Å². The van der Waals surface area contributed by atoms with Gasteiger partial charge in [-0.2, -0.15) is 0 Å². The first-order valence-electron chi connectivity index (χ1n) is 17.1. The standard InChI is InChI=1S/C36H53N7O6/c1-24(2)21-30(31(44)22-32(45)43-19-16-28(17-20-43)27-13-8-5-9-14-27)41-33(46)25(3)40-34(47)29(15-10-18-39-35(37)38)42-36(48)49-23-26-11-6-4-7-12-26/h4-9,11-14,24-25,28-31,44H,10,15-23H2,1-3H3,(H,40,47)(H,41,46)(H,42,48)(H4,37,38,39)/t25-,29-,30-,31-/m0/s1. The van der Waals surface area contributed by atoms with Crippen LogP contribution >= 0.6 is 0 Å². The van der Waals surface area contributed by atoms with Crippen molar-refractivity contribution in [2.75, 3.05) is 19.6 Å². The summed E-state index contributed by atoms with van der Waals surface area (Å²) in [6.07, 6.45) is 0.650. The number of nitrogens with two attached hydrogens (primary N) is 2. The Morgan fingerprint density at radius 3 is 2.16 bits per heavy atom. The Kier molecular flexibility index (Phi) is 15.8. The minimum absolute atomic E-state index is 0.0157. The summed E-state index contributed by atoms with van der Waals surface area (Å²) in [6.45, 7) is 6.90. The molecule has 0 radical (unpaired) electrons. The van der Waals surface area contributed by atoms with E-state index >= 15 is 0 Å². The summed E-state index contributed by atoms with van der Waals surface area (Å²) in [5.74, 6) is -0.861. The number of ether oxygens (including phenoxy) is 1. The molecule has 1 aliphatic heterocycles. The average molecular weight is 680 g/mol. The molecule has 0 aromatic heterocycles. The first-order valence-corrected chi connectivity index (χ1v) is 17.1. The number of amides is 4. The van der Waals surface area contributed by atoms with Crippen LogP contribution in [0.5, 0.6) is 0 Å². The largest absolute Gasteiger partial charge is 0.445 e. The van der Waals surface area contributed by atoms with E-state index in [1.807, 2.05) is 50.2 Å². The molecule has 0 aliphatic carbocycles. The van der Waals surface area contributed by atoms with E-state index in [1.165, 1.54) is 12.5 Å². The monoisotopic (exact) mass is 679 g/mol. The van der Waals surface area contributed by atoms with E-state index < -0.39 is 42.1 Å². The summed E-state index contributed by atoms with van der Waals surface area (Å²) in [5, 5.41) is 19.2. The van der Waals surface area contributed by atoms with Crippen LogP contribution in [0.15, 0.2) is 65.7 Å². The highest BCUT2D eigenvalue weighted by atomic mass is 16.5. The van der Waals surface area contributed by atoms with E-state index in [4.69, 9.17) is 16.2 Å². The lowest BCUT2D eigenvalue weighted by molar-refractivity contribution is -0.136. The van der Waals surface area contributed by atoms with Gasteiger partial charge in [0.1, 0.15) is 18.7 Å². The average Bonchev–Trinajstić information content (AvgIpc) is 3.08. The fourth-order valence-electron chi connectivity index (χ4n) is 5.82. The first-order chi connectivity index (χ1) is 23.4. The number of aliphatic hydroxyl groups is 1. The Balaban J connectivity index is 1.55. The number of carbonyl (C=O) groups is 4. The number of aliphatic imine (C=N–C) groups is 1. The summed E-state index contributed by atoms with van der Waals surface area (Å²) in [4.78, 5) is 58.0. The van der Waals surface area contributed by atoms with Crippen molar-refractivity contribution in [3.8, 4) is 0 Å². The summed E-state index contributed by atoms with van der Waals surface area (Å²) >= 11 is 0. The number of rotatable bonds is 17. The molecule has 13 heteroatoms. The minimum atomic E-state index is -1.11. The summed E-state index contributed by atoms with van der Waals surface area (Å²) in [6, 6.07) is 16.6. The van der Waals surface area contributed by atoms with Crippen LogP contribution in [0.1, 0.15) is 76.3 Å². The number of nitrogens with zero attached hydrogens (tertiary/aromatic N) is 2. The van der Waals surface area contributed by atoms with Crippen molar-refractivity contribution in [2.24, 2.45) is 22.4 Å². The molecular weight excluding hydrogens is 626 g/mol. The zero-order valence-electron chi connectivity index (χ0n) is 28.8. The first kappa shape index (κ1) is 38.8. The Bertz CT molecular complexity index is 1360. The number of alkyl carbamates (subject to hydrolysis) is 1. The van der Waals surface area contributed by atoms with Crippen LogP contribution in [0, 0.1) is 5.92 Å². The lowest BCUT2D eigenvalue weighted by Gasteiger charge is -2.34. The van der Waals surface area contributed by atoms with Crippen LogP contribution in [0.4, 0.5) is 4.79 Å². The second-order valence-corrected chi connectivity index (χ2v) is 13.0. The topological polar surface area (TPSA) is 201 Å². The molecule has 49 heavy (non-hydrogen) atoms. The Morgan fingerprint density at radius 2 is 1.55 bits per heavy atom. The van der Waals surface area contributed by atoms with Gasteiger partial charge in [-0.05, 0) is 62.0 Å². The van der Waals surface area contributed by atoms with Crippen LogP contribution in [-0.4, -0.2) is 83.6 Å². The molecular formula is C36H53N7O6. The van der Waals surface area contributed by atoms with Gasteiger partial charge < -0.3 is 42.2 Å². The number of piperidine rings is 1. The molecule has 0 spiro atoms. The van der Waals surface area contributed by atoms with Gasteiger partial charge in [0.25, 0.3) is 0 Å². The number of hydrogen-bond acceptors (Lipinski definition) is 7. The van der Waals surface area contributed by atoms with E-state index in [1.54, 1.807) is 17.0 Å². The van der Waals surface area contributed by atoms with Crippen LogP contribution in [0.2, 0.25) is 0 Å². The van der Waals surface area contributed by atoms with Gasteiger partial charge in [0.2, 0.25) is 17.7 Å². The summed E-state index contributed by atoms with van der Waals surface area (Å²) in [5.41, 5.74) is 12.9. The molecule has 1 aliphatic rings. The van der Waals surface area contributed by atoms with Crippen molar-refractivity contribution in [3.63, 3.8) is 0 Å². The number of likely N-dealkylation sites (tertiary alicyclic amines) is 1. The van der Waals surface area contributed by atoms with Gasteiger partial charge in [0.05, 0.1) is 18.6 Å². The Morgan fingerprint density at radius 1 is 0.918 bits per heavy atom. The lowest BCUT2D eigenvalue weighted by atomic mass is 9.89. The molecule has 1 fully saturated rings. The number of aliphatic hydroxyl groups excluding tert-OH is 1. The summed E-state index contributed by atoms with van der Waals surface area (Å²) in [7, 11) is 0. The predicted octanol–water partition coefficient (Wildman–Crippen LogP) is 2.53. The molecule has 0 saturated carbocycles. The van der Waals surface area contributed by atoms with Crippen LogP contribution < -0.4 is 27.4 Å². The third kappa shape index (κ3) is 13.8. The molecule has 8 N–H and O–H groups in total. The highest BCUT2D eigenvalue weighted by Gasteiger charge is 2.31. The molecule has 2 aromatic rings. The van der Waals surface area contributed by atoms with E-state index in [2.05, 4.69) is 33.1 Å². The van der Waals surface area contributed by atoms with Crippen molar-refractivity contribution < 1.29 is 29.0 Å². The zero-order chi connectivity index (χ0) is 35.8. The SMILES string of the molecule is CC(C)C[C@H](NC(=O)[C@H](C)NC(=O)[C@H](CCCN=C(N)N)NC(=O)OCc1ccccc1)[C@@H](O)CC(=O)N1CCC(c2ccccc2)CC1. The normalized spacial score (nSPS) is 15.7. The molecule has 4 atom stereocenters. The van der Waals surface area contributed by atoms with Gasteiger partial charge in [-0.15, -0.1) is 0 Å². The minimum Gasteiger partial charge on any atom is -0.445 e.